The van der Waals surface area contributed by atoms with Crippen LogP contribution >= 0.6 is 70.2 Å². The van der Waals surface area contributed by atoms with Crippen molar-refractivity contribution in [2.75, 3.05) is 12.0 Å². The summed E-state index contributed by atoms with van der Waals surface area (Å²) in [5.41, 5.74) is 3.05. The Hall–Kier alpha value is -0.210. The average Bonchev–Trinajstić information content (AvgIpc) is 2.75. The number of carbonyl (C=O) groups excluding carboxylic acids is 1. The van der Waals surface area contributed by atoms with Crippen molar-refractivity contribution in [2.45, 2.75) is 10.1 Å². The molecule has 11 heteroatoms. The summed E-state index contributed by atoms with van der Waals surface area (Å²) in [6.45, 7) is 0. The van der Waals surface area contributed by atoms with E-state index in [0.29, 0.717) is 11.4 Å². The van der Waals surface area contributed by atoms with Crippen molar-refractivity contribution >= 4 is 87.3 Å². The van der Waals surface area contributed by atoms with E-state index in [9.17, 15) is 4.79 Å². The number of anilines is 1. The lowest BCUT2D eigenvalue weighted by Gasteiger charge is -2.23. The van der Waals surface area contributed by atoms with E-state index in [4.69, 9.17) is 75.0 Å². The molecule has 1 aromatic carbocycles. The summed E-state index contributed by atoms with van der Waals surface area (Å²) in [6, 6.07) is 2.38. The lowest BCUT2D eigenvalue weighted by molar-refractivity contribution is 0.201. The van der Waals surface area contributed by atoms with E-state index in [2.05, 4.69) is 5.43 Å². The number of halogens is 5. The Labute approximate surface area is 156 Å². The molecule has 1 fully saturated rings. The summed E-state index contributed by atoms with van der Waals surface area (Å²) in [7, 11) is 1.43. The highest BCUT2D eigenvalue weighted by molar-refractivity contribution is 7.79. The van der Waals surface area contributed by atoms with E-state index in [1.807, 2.05) is 0 Å². The monoisotopic (exact) mass is 421 g/mol. The number of amides is 2. The van der Waals surface area contributed by atoms with Crippen molar-refractivity contribution < 1.29 is 9.53 Å². The van der Waals surface area contributed by atoms with Gasteiger partial charge in [0.05, 0.1) is 22.8 Å². The van der Waals surface area contributed by atoms with Crippen molar-refractivity contribution in [3.05, 3.63) is 22.2 Å². The second kappa shape index (κ2) is 6.73. The quantitative estimate of drug-likeness (QED) is 0.445. The van der Waals surface area contributed by atoms with Gasteiger partial charge in [0.25, 0.3) is 3.92 Å². The molecular weight excluding hydrogens is 415 g/mol. The zero-order chi connectivity index (χ0) is 16.7. The maximum Gasteiger partial charge on any atom is 0.344 e. The fourth-order valence-electron chi connectivity index (χ4n) is 1.90. The van der Waals surface area contributed by atoms with Gasteiger partial charge >= 0.3 is 6.03 Å². The molecule has 5 nitrogen and oxygen atoms in total. The number of methoxy groups -OCH3 is 1. The Morgan fingerprint density at radius 3 is 2.27 bits per heavy atom. The van der Waals surface area contributed by atoms with Crippen LogP contribution in [-0.4, -0.2) is 33.6 Å². The molecule has 0 spiro atoms. The highest BCUT2D eigenvalue weighted by atomic mass is 35.6. The summed E-state index contributed by atoms with van der Waals surface area (Å²) in [4.78, 5) is 13.7. The van der Waals surface area contributed by atoms with E-state index in [1.165, 1.54) is 29.5 Å². The van der Waals surface area contributed by atoms with Gasteiger partial charge in [0, 0.05) is 5.37 Å². The number of urea groups is 1. The molecule has 1 aliphatic heterocycles. The maximum atomic E-state index is 12.5. The molecular formula is C11H8Cl5N3O2S. The van der Waals surface area contributed by atoms with Gasteiger partial charge in [-0.25, -0.2) is 9.80 Å². The Morgan fingerprint density at radius 1 is 1.32 bits per heavy atom. The van der Waals surface area contributed by atoms with Crippen molar-refractivity contribution in [1.29, 1.82) is 0 Å². The van der Waals surface area contributed by atoms with Crippen LogP contribution in [0.4, 0.5) is 10.5 Å². The molecule has 0 saturated carbocycles. The van der Waals surface area contributed by atoms with Gasteiger partial charge in [0.1, 0.15) is 6.17 Å². The summed E-state index contributed by atoms with van der Waals surface area (Å²) in [5.74, 6) is 0.295. The van der Waals surface area contributed by atoms with Gasteiger partial charge in [0.15, 0.2) is 5.75 Å². The number of benzene rings is 1. The number of nitrogens with one attached hydrogen (secondary N) is 1. The summed E-state index contributed by atoms with van der Waals surface area (Å²) < 4.78 is 3.08. The predicted octanol–water partition coefficient (Wildman–Crippen LogP) is 4.40. The molecule has 1 atom stereocenters. The molecule has 2 rings (SSSR count). The van der Waals surface area contributed by atoms with Crippen LogP contribution in [0.3, 0.4) is 0 Å². The van der Waals surface area contributed by atoms with Crippen molar-refractivity contribution in [2.24, 2.45) is 0 Å². The van der Waals surface area contributed by atoms with Crippen LogP contribution in [-0.2, 0) is 0 Å². The molecule has 0 aromatic heterocycles. The second-order valence-corrected chi connectivity index (χ2v) is 7.42. The molecule has 0 radical (unpaired) electrons. The lowest BCUT2D eigenvalue weighted by atomic mass is 10.2. The summed E-state index contributed by atoms with van der Waals surface area (Å²) in [5, 5.41) is 2.60. The van der Waals surface area contributed by atoms with E-state index in [0.717, 1.165) is 5.01 Å². The number of hydrogen-bond donors (Lipinski definition) is 1. The third-order valence-corrected chi connectivity index (χ3v) is 4.11. The average molecular weight is 424 g/mol. The van der Waals surface area contributed by atoms with Gasteiger partial charge in [-0.2, -0.15) is 5.43 Å². The number of alkyl halides is 3. The molecule has 1 unspecified atom stereocenters. The van der Waals surface area contributed by atoms with Crippen LogP contribution in [0, 0.1) is 0 Å². The minimum Gasteiger partial charge on any atom is -0.494 e. The largest absolute Gasteiger partial charge is 0.494 e. The van der Waals surface area contributed by atoms with Crippen LogP contribution in [0.25, 0.3) is 0 Å². The summed E-state index contributed by atoms with van der Waals surface area (Å²) in [6.07, 6.45) is -0.710. The maximum absolute atomic E-state index is 12.5. The van der Waals surface area contributed by atoms with E-state index in [-0.39, 0.29) is 10.0 Å². The van der Waals surface area contributed by atoms with Gasteiger partial charge in [-0.1, -0.05) is 70.2 Å². The Balaban J connectivity index is 2.47. The smallest absolute Gasteiger partial charge is 0.344 e. The standard InChI is InChI=1S/C11H8Cl5N3O2S/c1-21-9-6(12)2-5(3-7(9)13)18-8(4-22)17-19(10(18)20)11(14,15)16/h2-4,8,17H,1H3. The van der Waals surface area contributed by atoms with Gasteiger partial charge < -0.3 is 4.74 Å². The zero-order valence-corrected chi connectivity index (χ0v) is 15.4. The Kier molecular flexibility index (Phi) is 5.54. The highest BCUT2D eigenvalue weighted by Gasteiger charge is 2.46. The zero-order valence-electron chi connectivity index (χ0n) is 10.8. The predicted molar refractivity (Wildman–Crippen MR) is 93.6 cm³/mol. The van der Waals surface area contributed by atoms with E-state index in [1.54, 1.807) is 0 Å². The molecule has 0 bridgehead atoms. The van der Waals surface area contributed by atoms with Crippen molar-refractivity contribution in [1.82, 2.24) is 10.4 Å². The van der Waals surface area contributed by atoms with Crippen LogP contribution in [0.1, 0.15) is 0 Å². The van der Waals surface area contributed by atoms with Crippen molar-refractivity contribution in [3.63, 3.8) is 0 Å². The molecule has 1 saturated heterocycles. The lowest BCUT2D eigenvalue weighted by Crippen LogP contribution is -2.45. The highest BCUT2D eigenvalue weighted by Crippen LogP contribution is 2.40. The molecule has 1 N–H and O–H groups in total. The Morgan fingerprint density at radius 2 is 1.86 bits per heavy atom. The number of thiocarbonyl (C=S) groups is 1. The van der Waals surface area contributed by atoms with Crippen molar-refractivity contribution in [3.8, 4) is 5.75 Å². The van der Waals surface area contributed by atoms with Gasteiger partial charge in [-0.3, -0.25) is 4.90 Å². The first-order chi connectivity index (χ1) is 10.2. The first-order valence-corrected chi connectivity index (χ1v) is 8.01. The summed E-state index contributed by atoms with van der Waals surface area (Å²) >= 11 is 34.3. The number of hydrazine groups is 1. The van der Waals surface area contributed by atoms with Gasteiger partial charge in [-0.05, 0) is 12.1 Å². The van der Waals surface area contributed by atoms with Crippen LogP contribution in [0.2, 0.25) is 10.0 Å². The number of rotatable bonds is 3. The molecule has 1 heterocycles. The second-order valence-electron chi connectivity index (χ2n) is 4.11. The fraction of sp³-hybridized carbons (Fsp3) is 0.273. The number of nitrogens with zero attached hydrogens (tertiary/aromatic N) is 2. The van der Waals surface area contributed by atoms with E-state index < -0.39 is 16.1 Å². The number of hydrogen-bond acceptors (Lipinski definition) is 4. The first-order valence-electron chi connectivity index (χ1n) is 5.65. The topological polar surface area (TPSA) is 44.8 Å². The van der Waals surface area contributed by atoms with Crippen LogP contribution in [0.5, 0.6) is 5.75 Å². The molecule has 1 aromatic rings. The van der Waals surface area contributed by atoms with E-state index >= 15 is 0 Å². The SMILES string of the molecule is COc1c(Cl)cc(N2C(=O)N(C(Cl)(Cl)Cl)NC2C=S)cc1Cl. The Bertz CT molecular complexity index is 601. The third kappa shape index (κ3) is 3.33. The third-order valence-electron chi connectivity index (χ3n) is 2.78. The molecule has 120 valence electrons. The minimum absolute atomic E-state index is 0.230. The first kappa shape index (κ1) is 18.1. The number of carbonyl (C=O) groups is 1. The molecule has 0 aliphatic carbocycles. The molecule has 1 aliphatic rings. The minimum atomic E-state index is -1.98. The fourth-order valence-corrected chi connectivity index (χ4v) is 3.07. The van der Waals surface area contributed by atoms with Crippen LogP contribution in [0.15, 0.2) is 12.1 Å². The molecule has 2 amide bonds. The normalized spacial score (nSPS) is 18.8. The molecule has 22 heavy (non-hydrogen) atoms. The van der Waals surface area contributed by atoms with Crippen LogP contribution < -0.4 is 15.1 Å². The van der Waals surface area contributed by atoms with Gasteiger partial charge in [0.2, 0.25) is 0 Å². The van der Waals surface area contributed by atoms with Gasteiger partial charge in [-0.15, -0.1) is 0 Å². The number of ether oxygens (including phenoxy) is 1.